The first-order chi connectivity index (χ1) is 10.2. The predicted octanol–water partition coefficient (Wildman–Crippen LogP) is 3.53. The number of nitrogens with zero attached hydrogens (tertiary/aromatic N) is 2. The van der Waals surface area contributed by atoms with Crippen LogP contribution in [-0.4, -0.2) is 40.5 Å². The quantitative estimate of drug-likeness (QED) is 0.919. The summed E-state index contributed by atoms with van der Waals surface area (Å²) in [6, 6.07) is 6.06. The molecule has 2 amide bonds. The molecule has 2 heterocycles. The highest BCUT2D eigenvalue weighted by Crippen LogP contribution is 2.25. The van der Waals surface area contributed by atoms with Crippen LogP contribution >= 0.6 is 23.1 Å². The van der Waals surface area contributed by atoms with Gasteiger partial charge in [0, 0.05) is 35.5 Å². The van der Waals surface area contributed by atoms with Gasteiger partial charge in [-0.25, -0.2) is 14.2 Å². The molecule has 1 aromatic heterocycles. The topological polar surface area (TPSA) is 45.2 Å². The zero-order valence-corrected chi connectivity index (χ0v) is 12.8. The molecule has 3 rings (SSSR count). The highest BCUT2D eigenvalue weighted by Gasteiger charge is 2.17. The van der Waals surface area contributed by atoms with E-state index in [4.69, 9.17) is 0 Å². The Bertz CT molecular complexity index is 623. The fourth-order valence-electron chi connectivity index (χ4n) is 2.02. The van der Waals surface area contributed by atoms with Crippen molar-refractivity contribution in [1.29, 1.82) is 0 Å². The number of anilines is 1. The summed E-state index contributed by atoms with van der Waals surface area (Å²) in [7, 11) is 0. The first kappa shape index (κ1) is 14.3. The van der Waals surface area contributed by atoms with Gasteiger partial charge in [0.1, 0.15) is 5.82 Å². The van der Waals surface area contributed by atoms with Crippen LogP contribution in [0.15, 0.2) is 29.6 Å². The third kappa shape index (κ3) is 3.54. The van der Waals surface area contributed by atoms with Crippen LogP contribution in [0.1, 0.15) is 0 Å². The third-order valence-electron chi connectivity index (χ3n) is 3.16. The summed E-state index contributed by atoms with van der Waals surface area (Å²) >= 11 is 3.23. The molecule has 0 bridgehead atoms. The van der Waals surface area contributed by atoms with Crippen LogP contribution in [0, 0.1) is 5.82 Å². The molecule has 0 radical (unpaired) electrons. The van der Waals surface area contributed by atoms with Crippen molar-refractivity contribution in [2.75, 3.05) is 29.9 Å². The lowest BCUT2D eigenvalue weighted by atomic mass is 10.2. The molecule has 1 saturated heterocycles. The Morgan fingerprint density at radius 1 is 1.24 bits per heavy atom. The second-order valence-electron chi connectivity index (χ2n) is 4.57. The molecule has 1 N–H and O–H groups in total. The van der Waals surface area contributed by atoms with Crippen molar-refractivity contribution in [2.45, 2.75) is 0 Å². The van der Waals surface area contributed by atoms with Crippen molar-refractivity contribution in [3.05, 3.63) is 35.5 Å². The van der Waals surface area contributed by atoms with Crippen molar-refractivity contribution in [3.63, 3.8) is 0 Å². The van der Waals surface area contributed by atoms with E-state index in [0.717, 1.165) is 35.9 Å². The van der Waals surface area contributed by atoms with E-state index in [1.165, 1.54) is 23.5 Å². The SMILES string of the molecule is O=C(Nc1nc(-c2ccc(F)cc2)cs1)N1CCSCC1. The van der Waals surface area contributed by atoms with Gasteiger partial charge in [-0.3, -0.25) is 5.32 Å². The number of carbonyl (C=O) groups is 1. The number of rotatable bonds is 2. The fraction of sp³-hybridized carbons (Fsp3) is 0.286. The average Bonchev–Trinajstić information content (AvgIpc) is 2.97. The van der Waals surface area contributed by atoms with Gasteiger partial charge in [-0.2, -0.15) is 11.8 Å². The van der Waals surface area contributed by atoms with E-state index in [9.17, 15) is 9.18 Å². The van der Waals surface area contributed by atoms with Crippen LogP contribution < -0.4 is 5.32 Å². The molecule has 2 aromatic rings. The molecule has 1 aliphatic heterocycles. The minimum Gasteiger partial charge on any atom is -0.323 e. The molecular weight excluding hydrogens is 309 g/mol. The van der Waals surface area contributed by atoms with Gasteiger partial charge in [0.05, 0.1) is 5.69 Å². The molecule has 1 aromatic carbocycles. The number of hydrogen-bond donors (Lipinski definition) is 1. The summed E-state index contributed by atoms with van der Waals surface area (Å²) < 4.78 is 12.9. The summed E-state index contributed by atoms with van der Waals surface area (Å²) in [6.07, 6.45) is 0. The molecule has 0 saturated carbocycles. The van der Waals surface area contributed by atoms with Crippen molar-refractivity contribution in [3.8, 4) is 11.3 Å². The first-order valence-electron chi connectivity index (χ1n) is 6.57. The molecule has 7 heteroatoms. The molecule has 110 valence electrons. The average molecular weight is 323 g/mol. The molecule has 0 unspecified atom stereocenters. The first-order valence-corrected chi connectivity index (χ1v) is 8.61. The van der Waals surface area contributed by atoms with E-state index < -0.39 is 0 Å². The van der Waals surface area contributed by atoms with Gasteiger partial charge in [0.15, 0.2) is 5.13 Å². The van der Waals surface area contributed by atoms with E-state index in [1.807, 2.05) is 17.1 Å². The number of hydrogen-bond acceptors (Lipinski definition) is 4. The van der Waals surface area contributed by atoms with Gasteiger partial charge in [0.25, 0.3) is 0 Å². The van der Waals surface area contributed by atoms with E-state index in [1.54, 1.807) is 17.0 Å². The van der Waals surface area contributed by atoms with Gasteiger partial charge in [0.2, 0.25) is 0 Å². The number of urea groups is 1. The van der Waals surface area contributed by atoms with Crippen LogP contribution in [0.25, 0.3) is 11.3 Å². The zero-order valence-electron chi connectivity index (χ0n) is 11.2. The Labute approximate surface area is 130 Å². The maximum Gasteiger partial charge on any atom is 0.323 e. The molecule has 0 aliphatic carbocycles. The monoisotopic (exact) mass is 323 g/mol. The van der Waals surface area contributed by atoms with Crippen LogP contribution in [0.2, 0.25) is 0 Å². The second-order valence-corrected chi connectivity index (χ2v) is 6.66. The van der Waals surface area contributed by atoms with E-state index >= 15 is 0 Å². The Morgan fingerprint density at radius 3 is 2.67 bits per heavy atom. The number of halogens is 1. The molecule has 4 nitrogen and oxygen atoms in total. The van der Waals surface area contributed by atoms with E-state index in [2.05, 4.69) is 10.3 Å². The molecule has 0 atom stereocenters. The summed E-state index contributed by atoms with van der Waals surface area (Å²) in [6.45, 7) is 1.54. The smallest absolute Gasteiger partial charge is 0.323 e. The van der Waals surface area contributed by atoms with Gasteiger partial charge in [-0.05, 0) is 24.3 Å². The second kappa shape index (κ2) is 6.44. The molecule has 0 spiro atoms. The van der Waals surface area contributed by atoms with Crippen LogP contribution in [0.5, 0.6) is 0 Å². The highest BCUT2D eigenvalue weighted by atomic mass is 32.2. The maximum atomic E-state index is 12.9. The van der Waals surface area contributed by atoms with Gasteiger partial charge < -0.3 is 4.90 Å². The number of thiazole rings is 1. The summed E-state index contributed by atoms with van der Waals surface area (Å²) in [5.74, 6) is 1.68. The summed E-state index contributed by atoms with van der Waals surface area (Å²) in [5.41, 5.74) is 1.58. The Kier molecular flexibility index (Phi) is 4.40. The van der Waals surface area contributed by atoms with Crippen molar-refractivity contribution < 1.29 is 9.18 Å². The highest BCUT2D eigenvalue weighted by molar-refractivity contribution is 7.99. The zero-order chi connectivity index (χ0) is 14.7. The van der Waals surface area contributed by atoms with E-state index in [0.29, 0.717) is 5.13 Å². The lowest BCUT2D eigenvalue weighted by molar-refractivity contribution is 0.217. The Balaban J connectivity index is 1.67. The minimum atomic E-state index is -0.273. The van der Waals surface area contributed by atoms with Crippen LogP contribution in [0.3, 0.4) is 0 Å². The largest absolute Gasteiger partial charge is 0.323 e. The normalized spacial score (nSPS) is 15.0. The number of amides is 2. The molecule has 21 heavy (non-hydrogen) atoms. The number of benzene rings is 1. The number of aromatic nitrogens is 1. The standard InChI is InChI=1S/C14H14FN3OS2/c15-11-3-1-10(2-4-11)12-9-21-13(16-12)17-14(19)18-5-7-20-8-6-18/h1-4,9H,5-8H2,(H,16,17,19). The van der Waals surface area contributed by atoms with E-state index in [-0.39, 0.29) is 11.8 Å². The molecule has 1 aliphatic rings. The Hall–Kier alpha value is -1.60. The number of nitrogens with one attached hydrogen (secondary N) is 1. The lowest BCUT2D eigenvalue weighted by Gasteiger charge is -2.25. The van der Waals surface area contributed by atoms with Crippen molar-refractivity contribution in [1.82, 2.24) is 9.88 Å². The van der Waals surface area contributed by atoms with Crippen molar-refractivity contribution in [2.24, 2.45) is 0 Å². The van der Waals surface area contributed by atoms with Crippen molar-refractivity contribution >= 4 is 34.3 Å². The van der Waals surface area contributed by atoms with Gasteiger partial charge in [-0.15, -0.1) is 11.3 Å². The Morgan fingerprint density at radius 2 is 1.95 bits per heavy atom. The van der Waals surface area contributed by atoms with Gasteiger partial charge >= 0.3 is 6.03 Å². The lowest BCUT2D eigenvalue weighted by Crippen LogP contribution is -2.40. The number of thioether (sulfide) groups is 1. The van der Waals surface area contributed by atoms with Gasteiger partial charge in [-0.1, -0.05) is 0 Å². The predicted molar refractivity (Wildman–Crippen MR) is 85.4 cm³/mol. The summed E-state index contributed by atoms with van der Waals surface area (Å²) in [4.78, 5) is 18.3. The van der Waals surface area contributed by atoms with Crippen LogP contribution in [0.4, 0.5) is 14.3 Å². The number of carbonyl (C=O) groups excluding carboxylic acids is 1. The molecular formula is C14H14FN3OS2. The molecule has 1 fully saturated rings. The maximum absolute atomic E-state index is 12.9. The minimum absolute atomic E-state index is 0.102. The summed E-state index contributed by atoms with van der Waals surface area (Å²) in [5, 5.41) is 5.25. The fourth-order valence-corrected chi connectivity index (χ4v) is 3.63. The third-order valence-corrected chi connectivity index (χ3v) is 4.86. The van der Waals surface area contributed by atoms with Crippen LogP contribution in [-0.2, 0) is 0 Å².